The maximum Gasteiger partial charge on any atom is 0.276 e. The van der Waals surface area contributed by atoms with Gasteiger partial charge in [-0.2, -0.15) is 4.68 Å². The van der Waals surface area contributed by atoms with Crippen molar-refractivity contribution in [3.63, 3.8) is 0 Å². The number of amides is 1. The molecule has 2 N–H and O–H groups in total. The van der Waals surface area contributed by atoms with E-state index in [-0.39, 0.29) is 23.2 Å². The molecule has 0 atom stereocenters. The van der Waals surface area contributed by atoms with Crippen molar-refractivity contribution in [2.45, 2.75) is 6.92 Å². The van der Waals surface area contributed by atoms with Crippen molar-refractivity contribution in [1.29, 1.82) is 0 Å². The van der Waals surface area contributed by atoms with Crippen LogP contribution in [0.15, 0.2) is 4.63 Å². The van der Waals surface area contributed by atoms with Gasteiger partial charge in [-0.15, -0.1) is 5.10 Å². The average molecular weight is 279 g/mol. The first-order valence-corrected chi connectivity index (χ1v) is 6.06. The number of morpholine rings is 1. The van der Waals surface area contributed by atoms with Gasteiger partial charge in [0.1, 0.15) is 0 Å². The quantitative estimate of drug-likeness (QED) is 0.743. The molecule has 10 nitrogen and oxygen atoms in total. The van der Waals surface area contributed by atoms with Crippen LogP contribution < -0.4 is 5.73 Å². The second-order valence-corrected chi connectivity index (χ2v) is 4.31. The summed E-state index contributed by atoms with van der Waals surface area (Å²) in [7, 11) is 0. The number of hydrogen-bond donors (Lipinski definition) is 1. The highest BCUT2D eigenvalue weighted by molar-refractivity contribution is 5.93. The van der Waals surface area contributed by atoms with E-state index in [1.54, 1.807) is 11.8 Å². The predicted molar refractivity (Wildman–Crippen MR) is 65.1 cm³/mol. The minimum Gasteiger partial charge on any atom is -0.378 e. The molecule has 0 spiro atoms. The Morgan fingerprint density at radius 2 is 2.05 bits per heavy atom. The lowest BCUT2D eigenvalue weighted by Crippen LogP contribution is -2.41. The topological polar surface area (TPSA) is 125 Å². The van der Waals surface area contributed by atoms with Crippen LogP contribution in [-0.2, 0) is 4.74 Å². The van der Waals surface area contributed by atoms with Crippen molar-refractivity contribution in [2.75, 3.05) is 32.0 Å². The number of hydrogen-bond acceptors (Lipinski definition) is 8. The van der Waals surface area contributed by atoms with Gasteiger partial charge in [0.15, 0.2) is 5.69 Å². The van der Waals surface area contributed by atoms with E-state index in [1.165, 1.54) is 4.68 Å². The molecule has 1 aliphatic rings. The van der Waals surface area contributed by atoms with Gasteiger partial charge in [0.25, 0.3) is 5.91 Å². The summed E-state index contributed by atoms with van der Waals surface area (Å²) in [6.45, 7) is 3.84. The van der Waals surface area contributed by atoms with Gasteiger partial charge in [-0.3, -0.25) is 4.79 Å². The molecule has 0 unspecified atom stereocenters. The zero-order chi connectivity index (χ0) is 14.1. The summed E-state index contributed by atoms with van der Waals surface area (Å²) in [4.78, 5) is 14.0. The third-order valence-corrected chi connectivity index (χ3v) is 3.09. The number of nitrogen functional groups attached to an aromatic ring is 1. The SMILES string of the molecule is Cc1c(C(=O)N2CCOCC2)nnn1-c1nonc1N. The summed E-state index contributed by atoms with van der Waals surface area (Å²) in [5.74, 6) is 0.117. The van der Waals surface area contributed by atoms with Crippen LogP contribution in [0.1, 0.15) is 16.2 Å². The van der Waals surface area contributed by atoms with Crippen LogP contribution in [0.5, 0.6) is 0 Å². The first-order chi connectivity index (χ1) is 9.68. The Bertz CT molecular complexity index is 629. The maximum absolute atomic E-state index is 12.4. The van der Waals surface area contributed by atoms with Crippen molar-refractivity contribution in [3.8, 4) is 5.82 Å². The molecular formula is C10H13N7O3. The van der Waals surface area contributed by atoms with Crippen LogP contribution in [0.4, 0.5) is 5.82 Å². The lowest BCUT2D eigenvalue weighted by Gasteiger charge is -2.26. The number of carbonyl (C=O) groups excluding carboxylic acids is 1. The van der Waals surface area contributed by atoms with Gasteiger partial charge in [-0.05, 0) is 17.2 Å². The van der Waals surface area contributed by atoms with Gasteiger partial charge in [0.05, 0.1) is 18.9 Å². The molecule has 3 rings (SSSR count). The largest absolute Gasteiger partial charge is 0.378 e. The summed E-state index contributed by atoms with van der Waals surface area (Å²) in [6, 6.07) is 0. The van der Waals surface area contributed by atoms with Gasteiger partial charge >= 0.3 is 0 Å². The number of nitrogens with zero attached hydrogens (tertiary/aromatic N) is 6. The van der Waals surface area contributed by atoms with E-state index in [2.05, 4.69) is 25.3 Å². The molecule has 0 aliphatic carbocycles. The van der Waals surface area contributed by atoms with Gasteiger partial charge in [0, 0.05) is 13.1 Å². The highest BCUT2D eigenvalue weighted by Gasteiger charge is 2.25. The Morgan fingerprint density at radius 1 is 1.30 bits per heavy atom. The highest BCUT2D eigenvalue weighted by Crippen LogP contribution is 2.16. The number of ether oxygens (including phenoxy) is 1. The molecule has 1 fully saturated rings. The fourth-order valence-corrected chi connectivity index (χ4v) is 1.98. The number of carbonyl (C=O) groups is 1. The molecule has 1 amide bonds. The molecule has 2 aromatic rings. The number of anilines is 1. The molecule has 106 valence electrons. The fraction of sp³-hybridized carbons (Fsp3) is 0.500. The molecule has 0 aromatic carbocycles. The Kier molecular flexibility index (Phi) is 3.06. The van der Waals surface area contributed by atoms with Crippen LogP contribution in [0.25, 0.3) is 5.82 Å². The van der Waals surface area contributed by atoms with E-state index in [0.29, 0.717) is 32.0 Å². The maximum atomic E-state index is 12.4. The second-order valence-electron chi connectivity index (χ2n) is 4.31. The monoisotopic (exact) mass is 279 g/mol. The fourth-order valence-electron chi connectivity index (χ4n) is 1.98. The second kappa shape index (κ2) is 4.89. The Hall–Kier alpha value is -2.49. The van der Waals surface area contributed by atoms with Crippen molar-refractivity contribution in [1.82, 2.24) is 30.2 Å². The number of rotatable bonds is 2. The third kappa shape index (κ3) is 1.99. The van der Waals surface area contributed by atoms with Crippen LogP contribution in [0.3, 0.4) is 0 Å². The minimum atomic E-state index is -0.188. The van der Waals surface area contributed by atoms with E-state index in [4.69, 9.17) is 10.5 Å². The molecule has 0 bridgehead atoms. The molecule has 20 heavy (non-hydrogen) atoms. The molecule has 0 radical (unpaired) electrons. The average Bonchev–Trinajstić information content (AvgIpc) is 3.05. The zero-order valence-electron chi connectivity index (χ0n) is 10.8. The molecule has 0 saturated carbocycles. The van der Waals surface area contributed by atoms with Crippen LogP contribution >= 0.6 is 0 Å². The van der Waals surface area contributed by atoms with E-state index in [1.807, 2.05) is 0 Å². The Balaban J connectivity index is 1.90. The summed E-state index contributed by atoms with van der Waals surface area (Å²) in [5.41, 5.74) is 6.39. The van der Waals surface area contributed by atoms with Crippen molar-refractivity contribution >= 4 is 11.7 Å². The lowest BCUT2D eigenvalue weighted by molar-refractivity contribution is 0.0298. The van der Waals surface area contributed by atoms with Gasteiger partial charge < -0.3 is 15.4 Å². The molecule has 1 aliphatic heterocycles. The van der Waals surface area contributed by atoms with E-state index in [9.17, 15) is 4.79 Å². The standard InChI is InChI=1S/C10H13N7O3/c1-6-7(10(18)16-2-4-19-5-3-16)12-15-17(6)9-8(11)13-20-14-9/h2-5H2,1H3,(H2,11,13). The number of aromatic nitrogens is 5. The number of nitrogens with two attached hydrogens (primary N) is 1. The summed E-state index contributed by atoms with van der Waals surface area (Å²) in [5, 5.41) is 14.9. The molecule has 1 saturated heterocycles. The normalized spacial score (nSPS) is 15.6. The van der Waals surface area contributed by atoms with Crippen molar-refractivity contribution < 1.29 is 14.2 Å². The van der Waals surface area contributed by atoms with E-state index < -0.39 is 0 Å². The van der Waals surface area contributed by atoms with Gasteiger partial charge in [-0.1, -0.05) is 5.21 Å². The Labute approximate surface area is 113 Å². The molecule has 10 heteroatoms. The highest BCUT2D eigenvalue weighted by atomic mass is 16.6. The first kappa shape index (κ1) is 12.5. The van der Waals surface area contributed by atoms with Gasteiger partial charge in [0.2, 0.25) is 11.6 Å². The van der Waals surface area contributed by atoms with Crippen LogP contribution in [0, 0.1) is 6.92 Å². The third-order valence-electron chi connectivity index (χ3n) is 3.09. The lowest BCUT2D eigenvalue weighted by atomic mass is 10.3. The zero-order valence-corrected chi connectivity index (χ0v) is 10.8. The molecule has 2 aromatic heterocycles. The first-order valence-electron chi connectivity index (χ1n) is 6.06. The summed E-state index contributed by atoms with van der Waals surface area (Å²) < 4.78 is 11.1. The van der Waals surface area contributed by atoms with Crippen molar-refractivity contribution in [2.24, 2.45) is 0 Å². The molecular weight excluding hydrogens is 266 g/mol. The smallest absolute Gasteiger partial charge is 0.276 e. The molecule has 3 heterocycles. The van der Waals surface area contributed by atoms with Crippen molar-refractivity contribution in [3.05, 3.63) is 11.4 Å². The van der Waals surface area contributed by atoms with Crippen LogP contribution in [0.2, 0.25) is 0 Å². The summed E-state index contributed by atoms with van der Waals surface area (Å²) >= 11 is 0. The predicted octanol–water partition coefficient (Wildman–Crippen LogP) is -0.987. The van der Waals surface area contributed by atoms with E-state index in [0.717, 1.165) is 0 Å². The van der Waals surface area contributed by atoms with Crippen LogP contribution in [-0.4, -0.2) is 62.4 Å². The minimum absolute atomic E-state index is 0.0865. The Morgan fingerprint density at radius 3 is 2.70 bits per heavy atom. The van der Waals surface area contributed by atoms with Gasteiger partial charge in [-0.25, -0.2) is 4.63 Å². The summed E-state index contributed by atoms with van der Waals surface area (Å²) in [6.07, 6.45) is 0. The van der Waals surface area contributed by atoms with E-state index >= 15 is 0 Å².